The van der Waals surface area contributed by atoms with Crippen molar-refractivity contribution in [2.75, 3.05) is 6.54 Å². The van der Waals surface area contributed by atoms with Gasteiger partial charge in [0, 0.05) is 13.0 Å². The number of phenolic OH excluding ortho intramolecular Hbond substituents is 1. The molecule has 0 spiro atoms. The first kappa shape index (κ1) is 16.8. The number of rotatable bonds is 7. The van der Waals surface area contributed by atoms with Crippen LogP contribution >= 0.6 is 0 Å². The second kappa shape index (κ2) is 8.14. The number of urea groups is 1. The predicted octanol–water partition coefficient (Wildman–Crippen LogP) is 1.73. The molecule has 116 valence electrons. The maximum absolute atomic E-state index is 11.7. The SMILES string of the molecule is CC(C)CCNC(=O)NC(Cc1ccc(O)cc1)C(=O)O. The minimum atomic E-state index is -1.10. The van der Waals surface area contributed by atoms with Gasteiger partial charge in [0.25, 0.3) is 0 Å². The van der Waals surface area contributed by atoms with Crippen molar-refractivity contribution in [3.8, 4) is 5.75 Å². The third-order valence-corrected chi connectivity index (χ3v) is 2.99. The summed E-state index contributed by atoms with van der Waals surface area (Å²) in [6.45, 7) is 4.60. The van der Waals surface area contributed by atoms with E-state index in [0.29, 0.717) is 12.5 Å². The molecule has 21 heavy (non-hydrogen) atoms. The highest BCUT2D eigenvalue weighted by atomic mass is 16.4. The number of benzene rings is 1. The Labute approximate surface area is 124 Å². The molecule has 1 unspecified atom stereocenters. The third kappa shape index (κ3) is 6.65. The Kier molecular flexibility index (Phi) is 6.52. The number of carbonyl (C=O) groups is 2. The summed E-state index contributed by atoms with van der Waals surface area (Å²) < 4.78 is 0. The zero-order valence-electron chi connectivity index (χ0n) is 12.3. The van der Waals surface area contributed by atoms with Crippen molar-refractivity contribution in [3.05, 3.63) is 29.8 Å². The number of carbonyl (C=O) groups excluding carboxylic acids is 1. The molecule has 0 aliphatic rings. The van der Waals surface area contributed by atoms with Gasteiger partial charge >= 0.3 is 12.0 Å². The number of hydrogen-bond acceptors (Lipinski definition) is 3. The zero-order valence-corrected chi connectivity index (χ0v) is 12.3. The quantitative estimate of drug-likeness (QED) is 0.615. The fourth-order valence-corrected chi connectivity index (χ4v) is 1.75. The number of nitrogens with one attached hydrogen (secondary N) is 2. The van der Waals surface area contributed by atoms with E-state index >= 15 is 0 Å². The van der Waals surface area contributed by atoms with E-state index in [4.69, 9.17) is 5.11 Å². The monoisotopic (exact) mass is 294 g/mol. The van der Waals surface area contributed by atoms with Gasteiger partial charge in [-0.3, -0.25) is 0 Å². The van der Waals surface area contributed by atoms with Crippen molar-refractivity contribution in [1.29, 1.82) is 0 Å². The largest absolute Gasteiger partial charge is 0.508 e. The molecule has 0 heterocycles. The lowest BCUT2D eigenvalue weighted by atomic mass is 10.1. The average molecular weight is 294 g/mol. The van der Waals surface area contributed by atoms with Crippen molar-refractivity contribution in [2.24, 2.45) is 5.92 Å². The molecule has 0 bridgehead atoms. The van der Waals surface area contributed by atoms with E-state index in [1.807, 2.05) is 13.8 Å². The highest BCUT2D eigenvalue weighted by molar-refractivity contribution is 5.82. The van der Waals surface area contributed by atoms with Crippen molar-refractivity contribution < 1.29 is 19.8 Å². The van der Waals surface area contributed by atoms with Gasteiger partial charge in [0.05, 0.1) is 0 Å². The van der Waals surface area contributed by atoms with Gasteiger partial charge in [-0.1, -0.05) is 26.0 Å². The number of aliphatic carboxylic acids is 1. The second-order valence-electron chi connectivity index (χ2n) is 5.34. The number of phenols is 1. The molecule has 0 aromatic heterocycles. The number of carboxylic acid groups (broad SMARTS) is 1. The maximum Gasteiger partial charge on any atom is 0.326 e. The highest BCUT2D eigenvalue weighted by Gasteiger charge is 2.20. The predicted molar refractivity (Wildman–Crippen MR) is 79.2 cm³/mol. The van der Waals surface area contributed by atoms with Gasteiger partial charge in [-0.2, -0.15) is 0 Å². The van der Waals surface area contributed by atoms with E-state index in [1.165, 1.54) is 12.1 Å². The average Bonchev–Trinajstić information content (AvgIpc) is 2.40. The molecular formula is C15H22N2O4. The minimum Gasteiger partial charge on any atom is -0.508 e. The third-order valence-electron chi connectivity index (χ3n) is 2.99. The summed E-state index contributed by atoms with van der Waals surface area (Å²) in [5, 5.41) is 23.4. The first-order valence-electron chi connectivity index (χ1n) is 6.93. The Balaban J connectivity index is 2.51. The fourth-order valence-electron chi connectivity index (χ4n) is 1.75. The van der Waals surface area contributed by atoms with E-state index in [-0.39, 0.29) is 12.2 Å². The summed E-state index contributed by atoms with van der Waals surface area (Å²) in [7, 11) is 0. The Morgan fingerprint density at radius 2 is 1.81 bits per heavy atom. The van der Waals surface area contributed by atoms with E-state index in [9.17, 15) is 14.7 Å². The van der Waals surface area contributed by atoms with Gasteiger partial charge in [-0.15, -0.1) is 0 Å². The summed E-state index contributed by atoms with van der Waals surface area (Å²) >= 11 is 0. The van der Waals surface area contributed by atoms with Crippen LogP contribution in [-0.4, -0.2) is 34.8 Å². The summed E-state index contributed by atoms with van der Waals surface area (Å²) in [5.74, 6) is -0.510. The maximum atomic E-state index is 11.7. The van der Waals surface area contributed by atoms with Crippen molar-refractivity contribution in [3.63, 3.8) is 0 Å². The van der Waals surface area contributed by atoms with Gasteiger partial charge in [0.15, 0.2) is 0 Å². The van der Waals surface area contributed by atoms with Gasteiger partial charge < -0.3 is 20.8 Å². The Bertz CT molecular complexity index is 471. The summed E-state index contributed by atoms with van der Waals surface area (Å²) in [4.78, 5) is 22.9. The molecule has 0 saturated heterocycles. The molecular weight excluding hydrogens is 272 g/mol. The molecule has 0 aliphatic heterocycles. The number of hydrogen-bond donors (Lipinski definition) is 4. The zero-order chi connectivity index (χ0) is 15.8. The van der Waals surface area contributed by atoms with Crippen LogP contribution < -0.4 is 10.6 Å². The van der Waals surface area contributed by atoms with Crippen LogP contribution in [0.15, 0.2) is 24.3 Å². The molecule has 0 fully saturated rings. The molecule has 1 aromatic rings. The van der Waals surface area contributed by atoms with Gasteiger partial charge in [0.2, 0.25) is 0 Å². The van der Waals surface area contributed by atoms with Crippen LogP contribution in [0.1, 0.15) is 25.8 Å². The van der Waals surface area contributed by atoms with Crippen LogP contribution in [0.25, 0.3) is 0 Å². The van der Waals surface area contributed by atoms with Crippen LogP contribution in [0.2, 0.25) is 0 Å². The Morgan fingerprint density at radius 3 is 2.33 bits per heavy atom. The normalized spacial score (nSPS) is 12.0. The van der Waals surface area contributed by atoms with Crippen molar-refractivity contribution in [2.45, 2.75) is 32.7 Å². The van der Waals surface area contributed by atoms with Crippen molar-refractivity contribution in [1.82, 2.24) is 10.6 Å². The van der Waals surface area contributed by atoms with Crippen molar-refractivity contribution >= 4 is 12.0 Å². The standard InChI is InChI=1S/C15H22N2O4/c1-10(2)7-8-16-15(21)17-13(14(19)20)9-11-3-5-12(18)6-4-11/h3-6,10,13,18H,7-9H2,1-2H3,(H,19,20)(H2,16,17,21). The van der Waals surface area contributed by atoms with Crippen LogP contribution in [0.3, 0.4) is 0 Å². The Morgan fingerprint density at radius 1 is 1.19 bits per heavy atom. The molecule has 0 saturated carbocycles. The first-order chi connectivity index (χ1) is 9.88. The molecule has 6 nitrogen and oxygen atoms in total. The number of aromatic hydroxyl groups is 1. The lowest BCUT2D eigenvalue weighted by Crippen LogP contribution is -2.47. The number of amides is 2. The highest BCUT2D eigenvalue weighted by Crippen LogP contribution is 2.11. The van der Waals surface area contributed by atoms with Gasteiger partial charge in [0.1, 0.15) is 11.8 Å². The fraction of sp³-hybridized carbons (Fsp3) is 0.467. The van der Waals surface area contributed by atoms with Crippen LogP contribution in [0.4, 0.5) is 4.79 Å². The summed E-state index contributed by atoms with van der Waals surface area (Å²) in [5.41, 5.74) is 0.725. The van der Waals surface area contributed by atoms with E-state index < -0.39 is 18.0 Å². The van der Waals surface area contributed by atoms with Crippen LogP contribution in [-0.2, 0) is 11.2 Å². The van der Waals surface area contributed by atoms with E-state index in [0.717, 1.165) is 12.0 Å². The van der Waals surface area contributed by atoms with E-state index in [2.05, 4.69) is 10.6 Å². The smallest absolute Gasteiger partial charge is 0.326 e. The minimum absolute atomic E-state index is 0.116. The van der Waals surface area contributed by atoms with E-state index in [1.54, 1.807) is 12.1 Å². The molecule has 0 aliphatic carbocycles. The first-order valence-corrected chi connectivity index (χ1v) is 6.93. The topological polar surface area (TPSA) is 98.7 Å². The molecule has 1 atom stereocenters. The molecule has 6 heteroatoms. The molecule has 4 N–H and O–H groups in total. The molecule has 0 radical (unpaired) electrons. The van der Waals surface area contributed by atoms with Crippen LogP contribution in [0, 0.1) is 5.92 Å². The molecule has 2 amide bonds. The summed E-state index contributed by atoms with van der Waals surface area (Å²) in [6, 6.07) is 4.73. The summed E-state index contributed by atoms with van der Waals surface area (Å²) in [6.07, 6.45) is 0.996. The lowest BCUT2D eigenvalue weighted by molar-refractivity contribution is -0.139. The number of carboxylic acids is 1. The van der Waals surface area contributed by atoms with Gasteiger partial charge in [-0.25, -0.2) is 9.59 Å². The lowest BCUT2D eigenvalue weighted by Gasteiger charge is -2.15. The molecule has 1 rings (SSSR count). The molecule has 1 aromatic carbocycles. The second-order valence-corrected chi connectivity index (χ2v) is 5.34. The van der Waals surface area contributed by atoms with Crippen LogP contribution in [0.5, 0.6) is 5.75 Å². The Hall–Kier alpha value is -2.24. The van der Waals surface area contributed by atoms with Gasteiger partial charge in [-0.05, 0) is 30.0 Å².